The van der Waals surface area contributed by atoms with E-state index >= 15 is 0 Å². The molecule has 0 radical (unpaired) electrons. The third kappa shape index (κ3) is 5.44. The van der Waals surface area contributed by atoms with Gasteiger partial charge >= 0.3 is 0 Å². The van der Waals surface area contributed by atoms with Crippen LogP contribution in [0, 0.1) is 0 Å². The van der Waals surface area contributed by atoms with Gasteiger partial charge in [-0.2, -0.15) is 0 Å². The summed E-state index contributed by atoms with van der Waals surface area (Å²) in [5.41, 5.74) is 2.11. The lowest BCUT2D eigenvalue weighted by molar-refractivity contribution is -0.114. The molecule has 0 saturated carbocycles. The van der Waals surface area contributed by atoms with Gasteiger partial charge in [-0.3, -0.25) is 13.9 Å². The Kier molecular flexibility index (Phi) is 7.00. The maximum absolute atomic E-state index is 12.9. The second-order valence-electron chi connectivity index (χ2n) is 8.08. The Hall–Kier alpha value is -2.87. The molecule has 0 unspecified atom stereocenters. The maximum Gasteiger partial charge on any atom is 0.255 e. The van der Waals surface area contributed by atoms with Crippen LogP contribution in [0.4, 0.5) is 11.4 Å². The van der Waals surface area contributed by atoms with Crippen molar-refractivity contribution in [3.8, 4) is 0 Å². The molecule has 2 aromatic rings. The summed E-state index contributed by atoms with van der Waals surface area (Å²) >= 11 is 0. The van der Waals surface area contributed by atoms with Crippen molar-refractivity contribution in [2.24, 2.45) is 0 Å². The molecule has 7 nitrogen and oxygen atoms in total. The second-order valence-corrected chi connectivity index (χ2v) is 9.98. The zero-order valence-electron chi connectivity index (χ0n) is 18.2. The number of benzene rings is 2. The van der Waals surface area contributed by atoms with Gasteiger partial charge in [-0.25, -0.2) is 8.42 Å². The SMILES string of the molecule is CC(C)c1ccccc1N(CC(=O)Nc1ccccc1C(=O)N1CCCC1)S(C)(=O)=O. The molecular formula is C23H29N3O4S. The van der Waals surface area contributed by atoms with Crippen LogP contribution >= 0.6 is 0 Å². The summed E-state index contributed by atoms with van der Waals surface area (Å²) < 4.78 is 26.2. The average Bonchev–Trinajstić information content (AvgIpc) is 3.26. The Morgan fingerprint density at radius 2 is 1.65 bits per heavy atom. The Balaban J connectivity index is 1.85. The van der Waals surface area contributed by atoms with Crippen molar-refractivity contribution >= 4 is 33.2 Å². The number of hydrogen-bond acceptors (Lipinski definition) is 4. The highest BCUT2D eigenvalue weighted by Crippen LogP contribution is 2.29. The largest absolute Gasteiger partial charge is 0.339 e. The summed E-state index contributed by atoms with van der Waals surface area (Å²) in [7, 11) is -3.70. The molecule has 1 N–H and O–H groups in total. The van der Waals surface area contributed by atoms with Crippen LogP contribution in [0.25, 0.3) is 0 Å². The molecule has 2 aromatic carbocycles. The summed E-state index contributed by atoms with van der Waals surface area (Å²) in [6, 6.07) is 14.0. The first-order chi connectivity index (χ1) is 14.7. The zero-order chi connectivity index (χ0) is 22.6. The maximum atomic E-state index is 12.9. The molecule has 2 amide bonds. The predicted molar refractivity (Wildman–Crippen MR) is 123 cm³/mol. The summed E-state index contributed by atoms with van der Waals surface area (Å²) in [5.74, 6) is -0.550. The van der Waals surface area contributed by atoms with Crippen molar-refractivity contribution in [3.63, 3.8) is 0 Å². The van der Waals surface area contributed by atoms with Gasteiger partial charge in [0.25, 0.3) is 5.91 Å². The molecule has 8 heteroatoms. The molecular weight excluding hydrogens is 414 g/mol. The zero-order valence-corrected chi connectivity index (χ0v) is 19.0. The lowest BCUT2D eigenvalue weighted by atomic mass is 10.0. The quantitative estimate of drug-likeness (QED) is 0.710. The van der Waals surface area contributed by atoms with Crippen molar-refractivity contribution in [1.82, 2.24) is 4.90 Å². The normalized spacial score (nSPS) is 14.0. The molecule has 0 spiro atoms. The summed E-state index contributed by atoms with van der Waals surface area (Å²) in [4.78, 5) is 27.5. The summed E-state index contributed by atoms with van der Waals surface area (Å²) in [6.45, 7) is 4.97. The van der Waals surface area contributed by atoms with Crippen LogP contribution in [-0.2, 0) is 14.8 Å². The molecule has 31 heavy (non-hydrogen) atoms. The van der Waals surface area contributed by atoms with E-state index in [2.05, 4.69) is 5.32 Å². The van der Waals surface area contributed by atoms with E-state index in [9.17, 15) is 18.0 Å². The van der Waals surface area contributed by atoms with Gasteiger partial charge in [0.2, 0.25) is 15.9 Å². The van der Waals surface area contributed by atoms with Crippen molar-refractivity contribution < 1.29 is 18.0 Å². The van der Waals surface area contributed by atoms with Crippen molar-refractivity contribution in [2.75, 3.05) is 35.5 Å². The van der Waals surface area contributed by atoms with E-state index in [1.54, 1.807) is 41.3 Å². The van der Waals surface area contributed by atoms with E-state index in [-0.39, 0.29) is 18.4 Å². The number of amides is 2. The Bertz CT molecular complexity index is 1060. The Labute approximate surface area is 184 Å². The fraction of sp³-hybridized carbons (Fsp3) is 0.391. The van der Waals surface area contributed by atoms with Gasteiger partial charge in [-0.05, 0) is 42.5 Å². The fourth-order valence-electron chi connectivity index (χ4n) is 3.77. The molecule has 3 rings (SSSR count). The van der Waals surface area contributed by atoms with Crippen LogP contribution in [-0.4, -0.2) is 51.0 Å². The first-order valence-electron chi connectivity index (χ1n) is 10.4. The first-order valence-corrected chi connectivity index (χ1v) is 12.3. The summed E-state index contributed by atoms with van der Waals surface area (Å²) in [5, 5.41) is 2.74. The molecule has 1 heterocycles. The van der Waals surface area contributed by atoms with Crippen LogP contribution in [0.2, 0.25) is 0 Å². The number of carbonyl (C=O) groups excluding carboxylic acids is 2. The van der Waals surface area contributed by atoms with Gasteiger partial charge in [-0.1, -0.05) is 44.2 Å². The lowest BCUT2D eigenvalue weighted by Crippen LogP contribution is -2.38. The fourth-order valence-corrected chi connectivity index (χ4v) is 4.65. The van der Waals surface area contributed by atoms with Crippen LogP contribution in [0.15, 0.2) is 48.5 Å². The van der Waals surface area contributed by atoms with Crippen LogP contribution in [0.5, 0.6) is 0 Å². The smallest absolute Gasteiger partial charge is 0.255 e. The first kappa shape index (κ1) is 22.8. The minimum Gasteiger partial charge on any atom is -0.339 e. The molecule has 1 saturated heterocycles. The lowest BCUT2D eigenvalue weighted by Gasteiger charge is -2.26. The minimum atomic E-state index is -3.70. The molecule has 166 valence electrons. The van der Waals surface area contributed by atoms with E-state index < -0.39 is 15.9 Å². The van der Waals surface area contributed by atoms with E-state index in [1.165, 1.54) is 0 Å². The number of likely N-dealkylation sites (tertiary alicyclic amines) is 1. The third-order valence-electron chi connectivity index (χ3n) is 5.34. The van der Waals surface area contributed by atoms with E-state index in [0.717, 1.165) is 29.0 Å². The second kappa shape index (κ2) is 9.51. The van der Waals surface area contributed by atoms with Crippen molar-refractivity contribution in [2.45, 2.75) is 32.6 Å². The van der Waals surface area contributed by atoms with Gasteiger partial charge < -0.3 is 10.2 Å². The molecule has 1 aliphatic heterocycles. The number of nitrogens with one attached hydrogen (secondary N) is 1. The van der Waals surface area contributed by atoms with Crippen molar-refractivity contribution in [1.29, 1.82) is 0 Å². The Morgan fingerprint density at radius 3 is 2.29 bits per heavy atom. The number of nitrogens with zero attached hydrogens (tertiary/aromatic N) is 2. The number of rotatable bonds is 7. The number of hydrogen-bond donors (Lipinski definition) is 1. The van der Waals surface area contributed by atoms with Crippen LogP contribution < -0.4 is 9.62 Å². The average molecular weight is 444 g/mol. The standard InChI is InChI=1S/C23H29N3O4S/c1-17(2)18-10-5-7-13-21(18)26(31(3,29)30)16-22(27)24-20-12-6-4-11-19(20)23(28)25-14-8-9-15-25/h4-7,10-13,17H,8-9,14-16H2,1-3H3,(H,24,27). The number of carbonyl (C=O) groups is 2. The Morgan fingerprint density at radius 1 is 1.03 bits per heavy atom. The minimum absolute atomic E-state index is 0.0855. The monoisotopic (exact) mass is 443 g/mol. The molecule has 1 fully saturated rings. The third-order valence-corrected chi connectivity index (χ3v) is 6.47. The number of sulfonamides is 1. The highest BCUT2D eigenvalue weighted by atomic mass is 32.2. The number of anilines is 2. The van der Waals surface area contributed by atoms with Gasteiger partial charge in [0, 0.05) is 13.1 Å². The van der Waals surface area contributed by atoms with E-state index in [4.69, 9.17) is 0 Å². The predicted octanol–water partition coefficient (Wildman–Crippen LogP) is 3.45. The number of para-hydroxylation sites is 2. The van der Waals surface area contributed by atoms with Crippen LogP contribution in [0.3, 0.4) is 0 Å². The molecule has 0 bridgehead atoms. The topological polar surface area (TPSA) is 86.8 Å². The van der Waals surface area contributed by atoms with Crippen molar-refractivity contribution in [3.05, 3.63) is 59.7 Å². The molecule has 0 aromatic heterocycles. The molecule has 0 aliphatic carbocycles. The van der Waals surface area contributed by atoms with Gasteiger partial charge in [0.15, 0.2) is 0 Å². The van der Waals surface area contributed by atoms with E-state index in [0.29, 0.717) is 30.0 Å². The van der Waals surface area contributed by atoms with Crippen LogP contribution in [0.1, 0.15) is 48.5 Å². The van der Waals surface area contributed by atoms with Gasteiger partial charge in [0.05, 0.1) is 23.2 Å². The van der Waals surface area contributed by atoms with E-state index in [1.807, 2.05) is 26.0 Å². The molecule has 1 aliphatic rings. The highest BCUT2D eigenvalue weighted by Gasteiger charge is 2.26. The molecule has 0 atom stereocenters. The van der Waals surface area contributed by atoms with Gasteiger partial charge in [-0.15, -0.1) is 0 Å². The highest BCUT2D eigenvalue weighted by molar-refractivity contribution is 7.92. The van der Waals surface area contributed by atoms with Gasteiger partial charge in [0.1, 0.15) is 6.54 Å². The summed E-state index contributed by atoms with van der Waals surface area (Å²) in [6.07, 6.45) is 3.03.